The van der Waals surface area contributed by atoms with Crippen molar-refractivity contribution in [2.45, 2.75) is 19.0 Å². The number of carbonyl (C=O) groups is 1. The molecule has 1 fully saturated rings. The number of hydrogen-bond acceptors (Lipinski definition) is 4. The Bertz CT molecular complexity index is 514. The topological polar surface area (TPSA) is 77.2 Å². The first-order valence-corrected chi connectivity index (χ1v) is 6.59. The van der Waals surface area contributed by atoms with Crippen LogP contribution in [0.5, 0.6) is 5.88 Å². The van der Waals surface area contributed by atoms with Crippen LogP contribution in [-0.2, 0) is 6.18 Å². The van der Waals surface area contributed by atoms with Gasteiger partial charge in [0.1, 0.15) is 11.3 Å². The molecule has 1 aliphatic heterocycles. The number of nitrogens with zero attached hydrogens (tertiary/aromatic N) is 1. The highest BCUT2D eigenvalue weighted by Gasteiger charge is 2.33. The van der Waals surface area contributed by atoms with Crippen LogP contribution in [0.1, 0.15) is 28.9 Å². The molecule has 21 heavy (non-hydrogen) atoms. The average Bonchev–Trinajstić information content (AvgIpc) is 2.45. The van der Waals surface area contributed by atoms with E-state index in [9.17, 15) is 18.0 Å². The van der Waals surface area contributed by atoms with Gasteiger partial charge >= 0.3 is 6.18 Å². The van der Waals surface area contributed by atoms with E-state index in [1.54, 1.807) is 0 Å². The van der Waals surface area contributed by atoms with Crippen LogP contribution in [0.2, 0.25) is 0 Å². The molecule has 1 unspecified atom stereocenters. The molecule has 2 rings (SSSR count). The highest BCUT2D eigenvalue weighted by Crippen LogP contribution is 2.30. The number of nitrogens with one attached hydrogen (secondary N) is 1. The predicted molar refractivity (Wildman–Crippen MR) is 68.8 cm³/mol. The Hall–Kier alpha value is -1.83. The summed E-state index contributed by atoms with van der Waals surface area (Å²) in [5.74, 6) is -1.05. The molecule has 1 aliphatic rings. The van der Waals surface area contributed by atoms with Crippen molar-refractivity contribution in [2.24, 2.45) is 11.7 Å². The van der Waals surface area contributed by atoms with Gasteiger partial charge in [-0.25, -0.2) is 4.98 Å². The van der Waals surface area contributed by atoms with Crippen LogP contribution >= 0.6 is 0 Å². The third-order valence-corrected chi connectivity index (χ3v) is 3.27. The number of primary amides is 1. The molecular weight excluding hydrogens is 287 g/mol. The molecule has 8 heteroatoms. The summed E-state index contributed by atoms with van der Waals surface area (Å²) in [5, 5.41) is 3.17. The predicted octanol–water partition coefficient (Wildman–Crippen LogP) is 1.58. The van der Waals surface area contributed by atoms with Crippen LogP contribution in [-0.4, -0.2) is 30.6 Å². The summed E-state index contributed by atoms with van der Waals surface area (Å²) in [5.41, 5.74) is 3.88. The Balaban J connectivity index is 2.16. The number of piperidine rings is 1. The van der Waals surface area contributed by atoms with Crippen molar-refractivity contribution in [3.8, 4) is 5.88 Å². The molecule has 0 spiro atoms. The van der Waals surface area contributed by atoms with Crippen LogP contribution < -0.4 is 15.8 Å². The third-order valence-electron chi connectivity index (χ3n) is 3.27. The zero-order valence-corrected chi connectivity index (χ0v) is 11.2. The molecule has 1 atom stereocenters. The maximum Gasteiger partial charge on any atom is 0.433 e. The van der Waals surface area contributed by atoms with Crippen LogP contribution in [0.4, 0.5) is 13.2 Å². The molecule has 1 saturated heterocycles. The maximum atomic E-state index is 12.7. The number of rotatable bonds is 4. The van der Waals surface area contributed by atoms with E-state index in [-0.39, 0.29) is 24.0 Å². The monoisotopic (exact) mass is 303 g/mol. The molecular formula is C13H16F3N3O2. The molecule has 0 saturated carbocycles. The smallest absolute Gasteiger partial charge is 0.433 e. The van der Waals surface area contributed by atoms with Gasteiger partial charge in [-0.3, -0.25) is 4.79 Å². The van der Waals surface area contributed by atoms with Gasteiger partial charge in [-0.15, -0.1) is 0 Å². The number of ether oxygens (including phenoxy) is 1. The molecule has 0 radical (unpaired) electrons. The van der Waals surface area contributed by atoms with Crippen LogP contribution in [0.3, 0.4) is 0 Å². The van der Waals surface area contributed by atoms with E-state index in [2.05, 4.69) is 10.3 Å². The molecule has 1 aromatic rings. The van der Waals surface area contributed by atoms with E-state index < -0.39 is 17.8 Å². The van der Waals surface area contributed by atoms with Gasteiger partial charge in [-0.05, 0) is 31.5 Å². The summed E-state index contributed by atoms with van der Waals surface area (Å²) < 4.78 is 43.3. The second kappa shape index (κ2) is 6.30. The van der Waals surface area contributed by atoms with Crippen LogP contribution in [0.15, 0.2) is 12.1 Å². The second-order valence-electron chi connectivity index (χ2n) is 4.93. The van der Waals surface area contributed by atoms with Gasteiger partial charge in [-0.2, -0.15) is 13.2 Å². The fourth-order valence-electron chi connectivity index (χ4n) is 2.16. The van der Waals surface area contributed by atoms with Crippen molar-refractivity contribution in [3.05, 3.63) is 23.4 Å². The zero-order chi connectivity index (χ0) is 15.5. The number of pyridine rings is 1. The van der Waals surface area contributed by atoms with E-state index in [1.165, 1.54) is 0 Å². The van der Waals surface area contributed by atoms with Gasteiger partial charge in [0, 0.05) is 12.5 Å². The lowest BCUT2D eigenvalue weighted by Crippen LogP contribution is -2.33. The average molecular weight is 303 g/mol. The van der Waals surface area contributed by atoms with Gasteiger partial charge in [0.05, 0.1) is 6.61 Å². The standard InChI is InChI=1S/C13H16F3N3O2/c14-13(15,16)10-4-3-9(11(17)20)12(19-10)21-7-8-2-1-5-18-6-8/h3-4,8,18H,1-2,5-7H2,(H2,17,20). The fourth-order valence-corrected chi connectivity index (χ4v) is 2.16. The molecule has 3 N–H and O–H groups in total. The summed E-state index contributed by atoms with van der Waals surface area (Å²) in [7, 11) is 0. The van der Waals surface area contributed by atoms with Crippen LogP contribution in [0.25, 0.3) is 0 Å². The van der Waals surface area contributed by atoms with Crippen molar-refractivity contribution >= 4 is 5.91 Å². The van der Waals surface area contributed by atoms with E-state index in [4.69, 9.17) is 10.5 Å². The first kappa shape index (κ1) is 15.6. The highest BCUT2D eigenvalue weighted by atomic mass is 19.4. The number of amides is 1. The Morgan fingerprint density at radius 3 is 2.81 bits per heavy atom. The molecule has 2 heterocycles. The number of carbonyl (C=O) groups excluding carboxylic acids is 1. The minimum absolute atomic E-state index is 0.147. The lowest BCUT2D eigenvalue weighted by molar-refractivity contribution is -0.141. The first-order chi connectivity index (χ1) is 9.88. The van der Waals surface area contributed by atoms with Gasteiger partial charge in [0.25, 0.3) is 5.91 Å². The molecule has 0 bridgehead atoms. The van der Waals surface area contributed by atoms with E-state index in [1.807, 2.05) is 0 Å². The van der Waals surface area contributed by atoms with Gasteiger partial charge in [-0.1, -0.05) is 0 Å². The highest BCUT2D eigenvalue weighted by molar-refractivity contribution is 5.95. The number of alkyl halides is 3. The molecule has 1 aromatic heterocycles. The quantitative estimate of drug-likeness (QED) is 0.885. The number of halogens is 3. The van der Waals surface area contributed by atoms with Crippen molar-refractivity contribution < 1.29 is 22.7 Å². The molecule has 0 aliphatic carbocycles. The Morgan fingerprint density at radius 2 is 2.24 bits per heavy atom. The number of nitrogens with two attached hydrogens (primary N) is 1. The normalized spacial score (nSPS) is 19.3. The van der Waals surface area contributed by atoms with Gasteiger partial charge < -0.3 is 15.8 Å². The van der Waals surface area contributed by atoms with E-state index in [0.717, 1.165) is 38.1 Å². The minimum atomic E-state index is -4.60. The molecule has 1 amide bonds. The van der Waals surface area contributed by atoms with Crippen molar-refractivity contribution in [1.29, 1.82) is 0 Å². The van der Waals surface area contributed by atoms with Gasteiger partial charge in [0.15, 0.2) is 0 Å². The zero-order valence-electron chi connectivity index (χ0n) is 11.2. The lowest BCUT2D eigenvalue weighted by Gasteiger charge is -2.23. The summed E-state index contributed by atoms with van der Waals surface area (Å²) in [6, 6.07) is 1.71. The Labute approximate surface area is 119 Å². The summed E-state index contributed by atoms with van der Waals surface area (Å²) >= 11 is 0. The van der Waals surface area contributed by atoms with E-state index >= 15 is 0 Å². The summed E-state index contributed by atoms with van der Waals surface area (Å²) in [6.07, 6.45) is -2.70. The fraction of sp³-hybridized carbons (Fsp3) is 0.538. The maximum absolute atomic E-state index is 12.7. The third kappa shape index (κ3) is 4.07. The Morgan fingerprint density at radius 1 is 1.48 bits per heavy atom. The summed E-state index contributed by atoms with van der Waals surface area (Å²) in [4.78, 5) is 14.6. The van der Waals surface area contributed by atoms with Crippen molar-refractivity contribution in [3.63, 3.8) is 0 Å². The molecule has 5 nitrogen and oxygen atoms in total. The van der Waals surface area contributed by atoms with E-state index in [0.29, 0.717) is 0 Å². The van der Waals surface area contributed by atoms with Gasteiger partial charge in [0.2, 0.25) is 5.88 Å². The molecule has 116 valence electrons. The lowest BCUT2D eigenvalue weighted by atomic mass is 10.0. The molecule has 0 aromatic carbocycles. The Kier molecular flexibility index (Phi) is 4.66. The van der Waals surface area contributed by atoms with Crippen LogP contribution in [0, 0.1) is 5.92 Å². The SMILES string of the molecule is NC(=O)c1ccc(C(F)(F)F)nc1OCC1CCCNC1. The minimum Gasteiger partial charge on any atom is -0.477 e. The first-order valence-electron chi connectivity index (χ1n) is 6.59. The summed E-state index contributed by atoms with van der Waals surface area (Å²) in [6.45, 7) is 1.84. The van der Waals surface area contributed by atoms with Crippen molar-refractivity contribution in [1.82, 2.24) is 10.3 Å². The second-order valence-corrected chi connectivity index (χ2v) is 4.93. The largest absolute Gasteiger partial charge is 0.477 e. The number of hydrogen-bond donors (Lipinski definition) is 2. The van der Waals surface area contributed by atoms with Crippen molar-refractivity contribution in [2.75, 3.05) is 19.7 Å². The number of aromatic nitrogens is 1.